The van der Waals surface area contributed by atoms with Crippen LogP contribution in [0.15, 0.2) is 42.6 Å². The molecule has 0 atom stereocenters. The predicted octanol–water partition coefficient (Wildman–Crippen LogP) is 2.94. The molecule has 2 heterocycles. The summed E-state index contributed by atoms with van der Waals surface area (Å²) >= 11 is 0. The van der Waals surface area contributed by atoms with Crippen molar-refractivity contribution in [3.63, 3.8) is 0 Å². The Morgan fingerprint density at radius 1 is 1.00 bits per heavy atom. The molecule has 0 aliphatic heterocycles. The van der Waals surface area contributed by atoms with Crippen LogP contribution in [-0.2, 0) is 6.42 Å². The van der Waals surface area contributed by atoms with Gasteiger partial charge in [0.1, 0.15) is 5.82 Å². The first-order valence-corrected chi connectivity index (χ1v) is 6.09. The van der Waals surface area contributed by atoms with Gasteiger partial charge in [0, 0.05) is 12.6 Å². The summed E-state index contributed by atoms with van der Waals surface area (Å²) in [7, 11) is 0. The van der Waals surface area contributed by atoms with E-state index in [-0.39, 0.29) is 0 Å². The summed E-state index contributed by atoms with van der Waals surface area (Å²) in [5.74, 6) is 0.989. The molecule has 3 aromatic rings. The van der Waals surface area contributed by atoms with Crippen LogP contribution < -0.4 is 0 Å². The van der Waals surface area contributed by atoms with Crippen molar-refractivity contribution in [3.8, 4) is 0 Å². The van der Waals surface area contributed by atoms with E-state index in [0.717, 1.165) is 17.9 Å². The molecule has 18 heavy (non-hydrogen) atoms. The summed E-state index contributed by atoms with van der Waals surface area (Å²) in [6, 6.07) is 12.5. The fourth-order valence-corrected chi connectivity index (χ4v) is 2.14. The second kappa shape index (κ2) is 4.26. The monoisotopic (exact) mass is 237 g/mol. The van der Waals surface area contributed by atoms with Crippen LogP contribution in [0.1, 0.15) is 22.5 Å². The zero-order chi connectivity index (χ0) is 12.5. The molecule has 2 aromatic heterocycles. The average Bonchev–Trinajstić information content (AvgIpc) is 2.75. The van der Waals surface area contributed by atoms with Crippen LogP contribution in [0.3, 0.4) is 0 Å². The molecule has 1 aromatic carbocycles. The van der Waals surface area contributed by atoms with Crippen molar-refractivity contribution in [3.05, 3.63) is 65.1 Å². The van der Waals surface area contributed by atoms with Gasteiger partial charge in [-0.15, -0.1) is 10.2 Å². The van der Waals surface area contributed by atoms with E-state index in [1.54, 1.807) is 0 Å². The number of aromatic nitrogens is 3. The standard InChI is InChI=1S/C15H15N3/c1-11-7-8-14-16-17-15(18(14)10-11)9-13-6-4-3-5-12(13)2/h3-8,10H,9H2,1-2H3. The lowest BCUT2D eigenvalue weighted by Crippen LogP contribution is -1.98. The molecular formula is C15H15N3. The summed E-state index contributed by atoms with van der Waals surface area (Å²) in [5, 5.41) is 8.48. The summed E-state index contributed by atoms with van der Waals surface area (Å²) in [6.07, 6.45) is 2.90. The van der Waals surface area contributed by atoms with Gasteiger partial charge in [-0.25, -0.2) is 0 Å². The molecule has 0 aliphatic carbocycles. The van der Waals surface area contributed by atoms with Crippen LogP contribution in [0.25, 0.3) is 5.65 Å². The molecule has 0 bridgehead atoms. The van der Waals surface area contributed by atoms with Crippen molar-refractivity contribution in [2.24, 2.45) is 0 Å². The van der Waals surface area contributed by atoms with Crippen molar-refractivity contribution in [2.45, 2.75) is 20.3 Å². The number of hydrogen-bond acceptors (Lipinski definition) is 2. The Hall–Kier alpha value is -2.16. The molecule has 0 unspecified atom stereocenters. The number of nitrogens with zero attached hydrogens (tertiary/aromatic N) is 3. The Bertz CT molecular complexity index is 698. The number of pyridine rings is 1. The van der Waals surface area contributed by atoms with Crippen LogP contribution in [0, 0.1) is 13.8 Å². The molecule has 0 spiro atoms. The topological polar surface area (TPSA) is 30.2 Å². The van der Waals surface area contributed by atoms with E-state index in [4.69, 9.17) is 0 Å². The highest BCUT2D eigenvalue weighted by molar-refractivity contribution is 5.40. The molecular weight excluding hydrogens is 222 g/mol. The second-order valence-electron chi connectivity index (χ2n) is 4.65. The van der Waals surface area contributed by atoms with Gasteiger partial charge in [0.25, 0.3) is 0 Å². The van der Waals surface area contributed by atoms with E-state index in [1.165, 1.54) is 16.7 Å². The quantitative estimate of drug-likeness (QED) is 0.686. The third kappa shape index (κ3) is 1.88. The molecule has 0 saturated carbocycles. The molecule has 0 saturated heterocycles. The van der Waals surface area contributed by atoms with Crippen LogP contribution >= 0.6 is 0 Å². The highest BCUT2D eigenvalue weighted by Gasteiger charge is 2.07. The number of hydrogen-bond donors (Lipinski definition) is 0. The largest absolute Gasteiger partial charge is 0.286 e. The first-order chi connectivity index (χ1) is 8.74. The summed E-state index contributed by atoms with van der Waals surface area (Å²) in [5.41, 5.74) is 4.72. The number of aryl methyl sites for hydroxylation is 2. The minimum Gasteiger partial charge on any atom is -0.286 e. The smallest absolute Gasteiger partial charge is 0.160 e. The zero-order valence-electron chi connectivity index (χ0n) is 10.6. The highest BCUT2D eigenvalue weighted by atomic mass is 15.2. The van der Waals surface area contributed by atoms with Crippen molar-refractivity contribution in [2.75, 3.05) is 0 Å². The van der Waals surface area contributed by atoms with Crippen molar-refractivity contribution in [1.82, 2.24) is 14.6 Å². The fourth-order valence-electron chi connectivity index (χ4n) is 2.14. The molecule has 3 heteroatoms. The van der Waals surface area contributed by atoms with Crippen LogP contribution in [0.4, 0.5) is 0 Å². The molecule has 0 N–H and O–H groups in total. The lowest BCUT2D eigenvalue weighted by atomic mass is 10.1. The first kappa shape index (κ1) is 11.0. The predicted molar refractivity (Wildman–Crippen MR) is 71.7 cm³/mol. The Kier molecular flexibility index (Phi) is 2.59. The Balaban J connectivity index is 2.05. The zero-order valence-corrected chi connectivity index (χ0v) is 10.6. The minimum atomic E-state index is 0.817. The average molecular weight is 237 g/mol. The van der Waals surface area contributed by atoms with Crippen LogP contribution in [-0.4, -0.2) is 14.6 Å². The normalized spacial score (nSPS) is 11.0. The van der Waals surface area contributed by atoms with Crippen LogP contribution in [0.2, 0.25) is 0 Å². The van der Waals surface area contributed by atoms with E-state index < -0.39 is 0 Å². The lowest BCUT2D eigenvalue weighted by Gasteiger charge is -2.04. The Morgan fingerprint density at radius 2 is 1.83 bits per heavy atom. The maximum absolute atomic E-state index is 4.29. The van der Waals surface area contributed by atoms with Gasteiger partial charge in [0.2, 0.25) is 0 Å². The number of rotatable bonds is 2. The van der Waals surface area contributed by atoms with Gasteiger partial charge in [0.15, 0.2) is 5.65 Å². The van der Waals surface area contributed by atoms with Gasteiger partial charge >= 0.3 is 0 Å². The third-order valence-corrected chi connectivity index (χ3v) is 3.23. The number of fused-ring (bicyclic) bond motifs is 1. The van der Waals surface area contributed by atoms with E-state index >= 15 is 0 Å². The summed E-state index contributed by atoms with van der Waals surface area (Å²) in [6.45, 7) is 4.21. The van der Waals surface area contributed by atoms with E-state index in [2.05, 4.69) is 65.0 Å². The molecule has 3 rings (SSSR count). The van der Waals surface area contributed by atoms with Gasteiger partial charge in [-0.1, -0.05) is 30.3 Å². The van der Waals surface area contributed by atoms with Gasteiger partial charge in [-0.05, 0) is 36.6 Å². The maximum Gasteiger partial charge on any atom is 0.160 e. The van der Waals surface area contributed by atoms with E-state index in [0.29, 0.717) is 0 Å². The lowest BCUT2D eigenvalue weighted by molar-refractivity contribution is 0.926. The molecule has 90 valence electrons. The SMILES string of the molecule is Cc1ccc2nnc(Cc3ccccc3C)n2c1. The van der Waals surface area contributed by atoms with Crippen molar-refractivity contribution in [1.29, 1.82) is 0 Å². The molecule has 3 nitrogen and oxygen atoms in total. The Morgan fingerprint density at radius 3 is 2.67 bits per heavy atom. The molecule has 0 amide bonds. The second-order valence-corrected chi connectivity index (χ2v) is 4.65. The molecule has 0 fully saturated rings. The van der Waals surface area contributed by atoms with E-state index in [9.17, 15) is 0 Å². The van der Waals surface area contributed by atoms with E-state index in [1.807, 2.05) is 6.07 Å². The van der Waals surface area contributed by atoms with Gasteiger partial charge in [-0.2, -0.15) is 0 Å². The molecule has 0 aliphatic rings. The van der Waals surface area contributed by atoms with Gasteiger partial charge in [-0.3, -0.25) is 4.40 Å². The summed E-state index contributed by atoms with van der Waals surface area (Å²) < 4.78 is 2.07. The maximum atomic E-state index is 4.29. The van der Waals surface area contributed by atoms with Gasteiger partial charge in [0.05, 0.1) is 0 Å². The van der Waals surface area contributed by atoms with Crippen LogP contribution in [0.5, 0.6) is 0 Å². The van der Waals surface area contributed by atoms with Crippen molar-refractivity contribution < 1.29 is 0 Å². The number of benzene rings is 1. The van der Waals surface area contributed by atoms with Crippen molar-refractivity contribution >= 4 is 5.65 Å². The summed E-state index contributed by atoms with van der Waals surface area (Å²) in [4.78, 5) is 0. The third-order valence-electron chi connectivity index (χ3n) is 3.23. The minimum absolute atomic E-state index is 0.817. The fraction of sp³-hybridized carbons (Fsp3) is 0.200. The first-order valence-electron chi connectivity index (χ1n) is 6.09. The Labute approximate surface area is 106 Å². The molecule has 0 radical (unpaired) electrons. The highest BCUT2D eigenvalue weighted by Crippen LogP contribution is 2.14. The van der Waals surface area contributed by atoms with Gasteiger partial charge < -0.3 is 0 Å².